The van der Waals surface area contributed by atoms with Crippen LogP contribution in [0.3, 0.4) is 0 Å². The van der Waals surface area contributed by atoms with Crippen LogP contribution in [0.2, 0.25) is 0 Å². The summed E-state index contributed by atoms with van der Waals surface area (Å²) in [5.74, 6) is 7.46. The Labute approximate surface area is 152 Å². The van der Waals surface area contributed by atoms with Gasteiger partial charge in [0.1, 0.15) is 23.9 Å². The molecule has 0 aliphatic rings. The van der Waals surface area contributed by atoms with Crippen LogP contribution in [0.5, 0.6) is 17.2 Å². The minimum atomic E-state index is -0.377. The van der Waals surface area contributed by atoms with Gasteiger partial charge in [-0.1, -0.05) is 11.8 Å². The van der Waals surface area contributed by atoms with E-state index >= 15 is 0 Å². The molecule has 1 heterocycles. The standard InChI is InChI=1S/C19H21N3O4/c1-14-6-7-16(13-21-14)26-9-5-4-8-20-19(23)22-15-10-17(24-2)12-18(11-15)25-3/h6-7,10-13H,8-9H2,1-3H3,(H2,20,22,23). The number of hydrogen-bond acceptors (Lipinski definition) is 5. The molecular weight excluding hydrogens is 334 g/mol. The number of urea groups is 1. The fraction of sp³-hybridized carbons (Fsp3) is 0.263. The normalized spacial score (nSPS) is 9.50. The van der Waals surface area contributed by atoms with E-state index in [2.05, 4.69) is 27.5 Å². The van der Waals surface area contributed by atoms with E-state index < -0.39 is 0 Å². The Morgan fingerprint density at radius 3 is 2.42 bits per heavy atom. The molecule has 0 fully saturated rings. The third kappa shape index (κ3) is 6.24. The first-order chi connectivity index (χ1) is 12.6. The summed E-state index contributed by atoms with van der Waals surface area (Å²) >= 11 is 0. The van der Waals surface area contributed by atoms with E-state index in [9.17, 15) is 4.79 Å². The average molecular weight is 355 g/mol. The van der Waals surface area contributed by atoms with Crippen molar-refractivity contribution >= 4 is 11.7 Å². The molecular formula is C19H21N3O4. The van der Waals surface area contributed by atoms with Crippen LogP contribution >= 0.6 is 0 Å². The van der Waals surface area contributed by atoms with Gasteiger partial charge in [-0.3, -0.25) is 4.98 Å². The highest BCUT2D eigenvalue weighted by molar-refractivity contribution is 5.89. The molecule has 0 aliphatic heterocycles. The zero-order valence-electron chi connectivity index (χ0n) is 15.0. The largest absolute Gasteiger partial charge is 0.497 e. The third-order valence-corrected chi connectivity index (χ3v) is 3.27. The van der Waals surface area contributed by atoms with Gasteiger partial charge in [-0.2, -0.15) is 0 Å². The van der Waals surface area contributed by atoms with E-state index in [-0.39, 0.29) is 19.2 Å². The molecule has 7 nitrogen and oxygen atoms in total. The number of nitrogens with zero attached hydrogens (tertiary/aromatic N) is 1. The van der Waals surface area contributed by atoms with E-state index in [1.807, 2.05) is 19.1 Å². The molecule has 26 heavy (non-hydrogen) atoms. The highest BCUT2D eigenvalue weighted by atomic mass is 16.5. The number of aryl methyl sites for hydroxylation is 1. The van der Waals surface area contributed by atoms with Crippen LogP contribution in [0, 0.1) is 18.8 Å². The fourth-order valence-electron chi connectivity index (χ4n) is 1.95. The Morgan fingerprint density at radius 2 is 1.81 bits per heavy atom. The first-order valence-electron chi connectivity index (χ1n) is 7.90. The first kappa shape index (κ1) is 18.9. The highest BCUT2D eigenvalue weighted by Crippen LogP contribution is 2.25. The number of pyridine rings is 1. The summed E-state index contributed by atoms with van der Waals surface area (Å²) in [5, 5.41) is 5.34. The monoisotopic (exact) mass is 355 g/mol. The number of hydrogen-bond donors (Lipinski definition) is 2. The van der Waals surface area contributed by atoms with Crippen molar-refractivity contribution < 1.29 is 19.0 Å². The topological polar surface area (TPSA) is 81.7 Å². The number of amides is 2. The van der Waals surface area contributed by atoms with E-state index in [0.717, 1.165) is 5.69 Å². The van der Waals surface area contributed by atoms with Gasteiger partial charge in [-0.15, -0.1) is 0 Å². The molecule has 1 aromatic carbocycles. The Hall–Kier alpha value is -3.40. The van der Waals surface area contributed by atoms with Gasteiger partial charge in [-0.05, 0) is 19.1 Å². The van der Waals surface area contributed by atoms with E-state index in [1.54, 1.807) is 38.6 Å². The van der Waals surface area contributed by atoms with Crippen LogP contribution in [0.4, 0.5) is 10.5 Å². The van der Waals surface area contributed by atoms with Gasteiger partial charge in [0.15, 0.2) is 0 Å². The highest BCUT2D eigenvalue weighted by Gasteiger charge is 2.05. The number of methoxy groups -OCH3 is 2. The second-order valence-electron chi connectivity index (χ2n) is 5.19. The van der Waals surface area contributed by atoms with Crippen molar-refractivity contribution in [1.82, 2.24) is 10.3 Å². The summed E-state index contributed by atoms with van der Waals surface area (Å²) in [7, 11) is 3.09. The summed E-state index contributed by atoms with van der Waals surface area (Å²) < 4.78 is 15.7. The number of rotatable bonds is 6. The van der Waals surface area contributed by atoms with Crippen molar-refractivity contribution in [2.75, 3.05) is 32.7 Å². The molecule has 2 amide bonds. The second-order valence-corrected chi connectivity index (χ2v) is 5.19. The molecule has 0 aliphatic carbocycles. The Morgan fingerprint density at radius 1 is 1.08 bits per heavy atom. The summed E-state index contributed by atoms with van der Waals surface area (Å²) in [6.45, 7) is 2.32. The van der Waals surface area contributed by atoms with Crippen LogP contribution in [-0.2, 0) is 0 Å². The maximum atomic E-state index is 11.9. The van der Waals surface area contributed by atoms with E-state index in [1.165, 1.54) is 0 Å². The maximum Gasteiger partial charge on any atom is 0.319 e. The summed E-state index contributed by atoms with van der Waals surface area (Å²) in [5.41, 5.74) is 1.48. The molecule has 0 unspecified atom stereocenters. The molecule has 136 valence electrons. The molecule has 0 saturated carbocycles. The lowest BCUT2D eigenvalue weighted by molar-refractivity contribution is 0.253. The quantitative estimate of drug-likeness (QED) is 0.779. The minimum Gasteiger partial charge on any atom is -0.497 e. The molecule has 0 radical (unpaired) electrons. The molecule has 2 N–H and O–H groups in total. The molecule has 0 atom stereocenters. The smallest absolute Gasteiger partial charge is 0.319 e. The van der Waals surface area contributed by atoms with Crippen LogP contribution in [0.25, 0.3) is 0 Å². The number of ether oxygens (including phenoxy) is 3. The first-order valence-corrected chi connectivity index (χ1v) is 7.90. The zero-order chi connectivity index (χ0) is 18.8. The number of nitrogens with one attached hydrogen (secondary N) is 2. The van der Waals surface area contributed by atoms with Gasteiger partial charge in [0.2, 0.25) is 0 Å². The molecule has 0 spiro atoms. The van der Waals surface area contributed by atoms with Crippen LogP contribution < -0.4 is 24.8 Å². The van der Waals surface area contributed by atoms with Crippen molar-refractivity contribution in [1.29, 1.82) is 0 Å². The van der Waals surface area contributed by atoms with Crippen molar-refractivity contribution in [3.05, 3.63) is 42.2 Å². The van der Waals surface area contributed by atoms with Crippen molar-refractivity contribution in [2.24, 2.45) is 0 Å². The molecule has 0 saturated heterocycles. The maximum absolute atomic E-state index is 11.9. The van der Waals surface area contributed by atoms with Crippen molar-refractivity contribution in [3.63, 3.8) is 0 Å². The Bertz CT molecular complexity index is 772. The number of carbonyl (C=O) groups is 1. The fourth-order valence-corrected chi connectivity index (χ4v) is 1.95. The lowest BCUT2D eigenvalue weighted by Gasteiger charge is -2.09. The van der Waals surface area contributed by atoms with Crippen LogP contribution in [0.15, 0.2) is 36.5 Å². The molecule has 7 heteroatoms. The van der Waals surface area contributed by atoms with Gasteiger partial charge < -0.3 is 24.8 Å². The summed E-state index contributed by atoms with van der Waals surface area (Å²) in [6, 6.07) is 8.42. The van der Waals surface area contributed by atoms with Gasteiger partial charge >= 0.3 is 6.03 Å². The van der Waals surface area contributed by atoms with Crippen molar-refractivity contribution in [3.8, 4) is 29.1 Å². The van der Waals surface area contributed by atoms with E-state index in [0.29, 0.717) is 22.9 Å². The lowest BCUT2D eigenvalue weighted by Crippen LogP contribution is -2.28. The predicted octanol–water partition coefficient (Wildman–Crippen LogP) is 2.61. The Kier molecular flexibility index (Phi) is 7.13. The van der Waals surface area contributed by atoms with E-state index in [4.69, 9.17) is 14.2 Å². The molecule has 1 aromatic heterocycles. The van der Waals surface area contributed by atoms with Crippen molar-refractivity contribution in [2.45, 2.75) is 6.92 Å². The zero-order valence-corrected chi connectivity index (χ0v) is 15.0. The van der Waals surface area contributed by atoms with Gasteiger partial charge in [0.25, 0.3) is 0 Å². The number of anilines is 1. The lowest BCUT2D eigenvalue weighted by atomic mass is 10.3. The van der Waals surface area contributed by atoms with Crippen LogP contribution in [-0.4, -0.2) is 38.4 Å². The number of aromatic nitrogens is 1. The third-order valence-electron chi connectivity index (χ3n) is 3.27. The molecule has 0 bridgehead atoms. The molecule has 2 aromatic rings. The average Bonchev–Trinajstić information content (AvgIpc) is 2.65. The number of benzene rings is 1. The Balaban J connectivity index is 1.74. The van der Waals surface area contributed by atoms with Gasteiger partial charge in [0, 0.05) is 29.6 Å². The summed E-state index contributed by atoms with van der Waals surface area (Å²) in [6.07, 6.45) is 1.64. The second kappa shape index (κ2) is 9.79. The van der Waals surface area contributed by atoms with Crippen LogP contribution in [0.1, 0.15) is 5.69 Å². The van der Waals surface area contributed by atoms with Gasteiger partial charge in [-0.25, -0.2) is 4.79 Å². The summed E-state index contributed by atoms with van der Waals surface area (Å²) in [4.78, 5) is 16.0. The predicted molar refractivity (Wildman–Crippen MR) is 98.8 cm³/mol. The molecule has 2 rings (SSSR count). The minimum absolute atomic E-state index is 0.197. The van der Waals surface area contributed by atoms with Gasteiger partial charge in [0.05, 0.1) is 27.0 Å². The SMILES string of the molecule is COc1cc(NC(=O)NCC#CCOc2ccc(C)nc2)cc(OC)c1. The number of carbonyl (C=O) groups excluding carboxylic acids is 1.